The third kappa shape index (κ3) is 3.80. The first kappa shape index (κ1) is 16.2. The van der Waals surface area contributed by atoms with E-state index in [2.05, 4.69) is 4.98 Å². The smallest absolute Gasteiger partial charge is 0.218 e. The molecule has 1 aromatic heterocycles. The second-order valence-corrected chi connectivity index (χ2v) is 7.83. The molecule has 1 saturated heterocycles. The summed E-state index contributed by atoms with van der Waals surface area (Å²) in [5.41, 5.74) is 0.781. The van der Waals surface area contributed by atoms with Gasteiger partial charge in [0.2, 0.25) is 10.0 Å². The van der Waals surface area contributed by atoms with Gasteiger partial charge in [-0.05, 0) is 18.4 Å². The number of aromatic nitrogens is 2. The molecule has 0 amide bonds. The Morgan fingerprint density at radius 3 is 2.61 bits per heavy atom. The van der Waals surface area contributed by atoms with Crippen LogP contribution < -0.4 is 0 Å². The van der Waals surface area contributed by atoms with E-state index in [9.17, 15) is 13.5 Å². The average Bonchev–Trinajstić information content (AvgIpc) is 2.97. The Morgan fingerprint density at radius 2 is 1.91 bits per heavy atom. The number of benzene rings is 1. The van der Waals surface area contributed by atoms with Gasteiger partial charge in [-0.3, -0.25) is 0 Å². The fraction of sp³-hybridized carbons (Fsp3) is 0.438. The predicted octanol–water partition coefficient (Wildman–Crippen LogP) is 1.41. The fourth-order valence-electron chi connectivity index (χ4n) is 3.02. The van der Waals surface area contributed by atoms with Crippen LogP contribution in [0.2, 0.25) is 0 Å². The lowest BCUT2D eigenvalue weighted by molar-refractivity contribution is 0.108. The minimum atomic E-state index is -3.38. The van der Waals surface area contributed by atoms with Crippen LogP contribution in [0.5, 0.6) is 0 Å². The quantitative estimate of drug-likeness (QED) is 0.917. The highest BCUT2D eigenvalue weighted by molar-refractivity contribution is 7.88. The summed E-state index contributed by atoms with van der Waals surface area (Å²) in [6.07, 6.45) is 5.58. The highest BCUT2D eigenvalue weighted by Gasteiger charge is 2.31. The molecule has 0 spiro atoms. The van der Waals surface area contributed by atoms with Crippen LogP contribution in [0.1, 0.15) is 24.4 Å². The Morgan fingerprint density at radius 1 is 1.17 bits per heavy atom. The Balaban J connectivity index is 1.72. The molecule has 1 fully saturated rings. The zero-order valence-electron chi connectivity index (χ0n) is 12.8. The molecule has 3 rings (SSSR count). The average molecular weight is 335 g/mol. The van der Waals surface area contributed by atoms with Crippen molar-refractivity contribution in [3.8, 4) is 0 Å². The molecule has 2 atom stereocenters. The van der Waals surface area contributed by atoms with E-state index in [-0.39, 0.29) is 11.8 Å². The van der Waals surface area contributed by atoms with E-state index >= 15 is 0 Å². The lowest BCUT2D eigenvalue weighted by Crippen LogP contribution is -2.33. The molecule has 0 bridgehead atoms. The topological polar surface area (TPSA) is 75.4 Å². The fourth-order valence-corrected chi connectivity index (χ4v) is 4.58. The van der Waals surface area contributed by atoms with Crippen molar-refractivity contribution in [1.29, 1.82) is 0 Å². The van der Waals surface area contributed by atoms with Crippen LogP contribution in [-0.4, -0.2) is 46.6 Å². The van der Waals surface area contributed by atoms with Gasteiger partial charge in [0.1, 0.15) is 0 Å². The molecule has 1 aliphatic rings. The van der Waals surface area contributed by atoms with E-state index in [1.165, 1.54) is 4.31 Å². The van der Waals surface area contributed by atoms with E-state index < -0.39 is 16.1 Å². The first-order valence-corrected chi connectivity index (χ1v) is 9.34. The molecular formula is C16H21N3O3S. The number of nitrogens with zero attached hydrogens (tertiary/aromatic N) is 3. The molecule has 1 aromatic carbocycles. The zero-order valence-corrected chi connectivity index (χ0v) is 13.6. The molecule has 1 N–H and O–H groups in total. The monoisotopic (exact) mass is 335 g/mol. The summed E-state index contributed by atoms with van der Waals surface area (Å²) < 4.78 is 28.6. The highest BCUT2D eigenvalue weighted by Crippen LogP contribution is 2.25. The Kier molecular flexibility index (Phi) is 4.79. The van der Waals surface area contributed by atoms with Gasteiger partial charge in [-0.25, -0.2) is 17.7 Å². The van der Waals surface area contributed by atoms with Crippen molar-refractivity contribution in [1.82, 2.24) is 13.9 Å². The van der Waals surface area contributed by atoms with Crippen molar-refractivity contribution in [3.05, 3.63) is 54.6 Å². The molecule has 6 nitrogen and oxygen atoms in total. The van der Waals surface area contributed by atoms with E-state index in [4.69, 9.17) is 0 Å². The Hall–Kier alpha value is -1.70. The minimum Gasteiger partial charge on any atom is -0.391 e. The molecule has 1 aliphatic heterocycles. The van der Waals surface area contributed by atoms with Gasteiger partial charge >= 0.3 is 0 Å². The number of aliphatic hydroxyl groups excluding tert-OH is 1. The molecule has 2 heterocycles. The van der Waals surface area contributed by atoms with E-state index in [0.717, 1.165) is 5.56 Å². The zero-order chi connectivity index (χ0) is 16.3. The number of imidazole rings is 1. The van der Waals surface area contributed by atoms with Crippen molar-refractivity contribution in [2.24, 2.45) is 0 Å². The molecule has 0 aliphatic carbocycles. The largest absolute Gasteiger partial charge is 0.391 e. The third-order valence-corrected chi connectivity index (χ3v) is 6.14. The molecule has 0 radical (unpaired) electrons. The summed E-state index contributed by atoms with van der Waals surface area (Å²) in [6.45, 7) is 0.761. The van der Waals surface area contributed by atoms with Gasteiger partial charge in [0.05, 0.1) is 24.2 Å². The summed E-state index contributed by atoms with van der Waals surface area (Å²) in [5, 5.41) is 10.3. The van der Waals surface area contributed by atoms with Crippen LogP contribution in [-0.2, 0) is 15.8 Å². The minimum absolute atomic E-state index is 0.000320. The van der Waals surface area contributed by atoms with E-state index in [1.54, 1.807) is 12.5 Å². The lowest BCUT2D eigenvalue weighted by atomic mass is 10.1. The first-order valence-electron chi connectivity index (χ1n) is 7.73. The second kappa shape index (κ2) is 6.82. The highest BCUT2D eigenvalue weighted by atomic mass is 32.2. The van der Waals surface area contributed by atoms with Crippen LogP contribution in [0, 0.1) is 0 Å². The first-order chi connectivity index (χ1) is 11.1. The van der Waals surface area contributed by atoms with Crippen LogP contribution in [0.4, 0.5) is 0 Å². The third-order valence-electron chi connectivity index (χ3n) is 4.29. The standard InChI is InChI=1S/C16H21N3O3S/c20-16-7-10-19(9-6-15(16)18-11-8-17-13-18)23(21,22)12-14-4-2-1-3-5-14/h1-5,8,11,13,15-16,20H,6-7,9-10,12H2/t15-,16-/m0/s1. The van der Waals surface area contributed by atoms with E-state index in [0.29, 0.717) is 25.9 Å². The van der Waals surface area contributed by atoms with Gasteiger partial charge in [0, 0.05) is 25.5 Å². The Labute approximate surface area is 136 Å². The summed E-state index contributed by atoms with van der Waals surface area (Å²) in [6, 6.07) is 9.05. The number of aliphatic hydroxyl groups is 1. The molecule has 7 heteroatoms. The maximum Gasteiger partial charge on any atom is 0.218 e. The SMILES string of the molecule is O=S(=O)(Cc1ccccc1)N1CC[C@H](O)[C@@H](n2ccnc2)CC1. The van der Waals surface area contributed by atoms with Crippen molar-refractivity contribution < 1.29 is 13.5 Å². The number of sulfonamides is 1. The summed E-state index contributed by atoms with van der Waals surface area (Å²) in [7, 11) is -3.38. The van der Waals surface area contributed by atoms with Gasteiger partial charge in [-0.2, -0.15) is 0 Å². The van der Waals surface area contributed by atoms with E-state index in [1.807, 2.05) is 41.1 Å². The van der Waals surface area contributed by atoms with Gasteiger partial charge in [-0.1, -0.05) is 30.3 Å². The normalized spacial score (nSPS) is 23.5. The Bertz CT molecular complexity index is 716. The number of hydrogen-bond acceptors (Lipinski definition) is 4. The molecule has 23 heavy (non-hydrogen) atoms. The summed E-state index contributed by atoms with van der Waals surface area (Å²) in [4.78, 5) is 4.01. The summed E-state index contributed by atoms with van der Waals surface area (Å²) >= 11 is 0. The van der Waals surface area contributed by atoms with Gasteiger partial charge in [0.15, 0.2) is 0 Å². The van der Waals surface area contributed by atoms with Crippen LogP contribution >= 0.6 is 0 Å². The molecule has 0 unspecified atom stereocenters. The predicted molar refractivity (Wildman–Crippen MR) is 87.1 cm³/mol. The maximum absolute atomic E-state index is 12.6. The lowest BCUT2D eigenvalue weighted by Gasteiger charge is -2.21. The van der Waals surface area contributed by atoms with Crippen LogP contribution in [0.15, 0.2) is 49.1 Å². The van der Waals surface area contributed by atoms with Crippen molar-refractivity contribution in [3.63, 3.8) is 0 Å². The number of hydrogen-bond donors (Lipinski definition) is 1. The van der Waals surface area contributed by atoms with Crippen LogP contribution in [0.25, 0.3) is 0 Å². The maximum atomic E-state index is 12.6. The summed E-state index contributed by atoms with van der Waals surface area (Å²) in [5.74, 6) is -0.000320. The van der Waals surface area contributed by atoms with Gasteiger partial charge in [-0.15, -0.1) is 0 Å². The van der Waals surface area contributed by atoms with Crippen molar-refractivity contribution in [2.75, 3.05) is 13.1 Å². The van der Waals surface area contributed by atoms with Crippen LogP contribution in [0.3, 0.4) is 0 Å². The van der Waals surface area contributed by atoms with Crippen molar-refractivity contribution in [2.45, 2.75) is 30.7 Å². The van der Waals surface area contributed by atoms with Gasteiger partial charge in [0.25, 0.3) is 0 Å². The molecule has 124 valence electrons. The van der Waals surface area contributed by atoms with Gasteiger partial charge < -0.3 is 9.67 Å². The molecular weight excluding hydrogens is 314 g/mol. The van der Waals surface area contributed by atoms with Crippen molar-refractivity contribution >= 4 is 10.0 Å². The number of rotatable bonds is 4. The molecule has 0 saturated carbocycles. The second-order valence-electron chi connectivity index (χ2n) is 5.86. The molecule has 2 aromatic rings.